The van der Waals surface area contributed by atoms with Crippen molar-refractivity contribution in [2.45, 2.75) is 63.5 Å². The maximum absolute atomic E-state index is 12.5. The molecule has 0 saturated heterocycles. The first-order valence-corrected chi connectivity index (χ1v) is 12.1. The minimum absolute atomic E-state index is 0.00467. The number of carboxylic acids is 1. The highest BCUT2D eigenvalue weighted by Crippen LogP contribution is 2.44. The van der Waals surface area contributed by atoms with Crippen LogP contribution in [0, 0.1) is 5.92 Å². The van der Waals surface area contributed by atoms with Crippen molar-refractivity contribution < 1.29 is 24.2 Å². The van der Waals surface area contributed by atoms with Crippen LogP contribution in [0.2, 0.25) is 0 Å². The number of alkyl carbamates (subject to hydrolysis) is 1. The van der Waals surface area contributed by atoms with E-state index in [1.807, 2.05) is 31.2 Å². The van der Waals surface area contributed by atoms with Gasteiger partial charge in [-0.25, -0.2) is 4.79 Å². The number of aliphatic carboxylic acids is 1. The maximum Gasteiger partial charge on any atom is 0.407 e. The minimum Gasteiger partial charge on any atom is -0.481 e. The highest BCUT2D eigenvalue weighted by atomic mass is 16.5. The van der Waals surface area contributed by atoms with Crippen LogP contribution >= 0.6 is 0 Å². The number of benzene rings is 2. The van der Waals surface area contributed by atoms with Crippen LogP contribution in [0.1, 0.15) is 62.5 Å². The molecule has 2 aromatic carbocycles. The lowest BCUT2D eigenvalue weighted by Gasteiger charge is -2.19. The van der Waals surface area contributed by atoms with Gasteiger partial charge in [-0.2, -0.15) is 0 Å². The van der Waals surface area contributed by atoms with E-state index in [-0.39, 0.29) is 42.9 Å². The third kappa shape index (κ3) is 5.41. The Bertz CT molecular complexity index is 1010. The van der Waals surface area contributed by atoms with E-state index < -0.39 is 12.1 Å². The Balaban J connectivity index is 1.24. The summed E-state index contributed by atoms with van der Waals surface area (Å²) in [4.78, 5) is 35.9. The standard InChI is InChI=1S/C27H32N2O5/c1-2-18(13-14-25(30)28-19-12-11-17(15-19)26(31)32)29-27(33)34-16-24-22-9-5-3-7-20(22)21-8-4-6-10-23(21)24/h3-10,17-19,24H,2,11-16H2,1H3,(H,28,30)(H,29,33)(H,31,32). The lowest BCUT2D eigenvalue weighted by atomic mass is 9.98. The number of nitrogens with one attached hydrogen (secondary N) is 2. The van der Waals surface area contributed by atoms with Gasteiger partial charge in [0.1, 0.15) is 6.61 Å². The average molecular weight is 465 g/mol. The van der Waals surface area contributed by atoms with E-state index in [1.165, 1.54) is 11.1 Å². The largest absolute Gasteiger partial charge is 0.481 e. The summed E-state index contributed by atoms with van der Waals surface area (Å²) in [5, 5.41) is 14.9. The second-order valence-electron chi connectivity index (χ2n) is 9.23. The van der Waals surface area contributed by atoms with Gasteiger partial charge < -0.3 is 20.5 Å². The third-order valence-corrected chi connectivity index (χ3v) is 7.03. The zero-order valence-corrected chi connectivity index (χ0v) is 19.5. The summed E-state index contributed by atoms with van der Waals surface area (Å²) in [5.74, 6) is -1.27. The Kier molecular flexibility index (Phi) is 7.50. The van der Waals surface area contributed by atoms with Crippen molar-refractivity contribution in [3.8, 4) is 11.1 Å². The fourth-order valence-electron chi connectivity index (χ4n) is 5.13. The van der Waals surface area contributed by atoms with Crippen molar-refractivity contribution in [3.05, 3.63) is 59.7 Å². The number of rotatable bonds is 9. The van der Waals surface area contributed by atoms with E-state index in [0.717, 1.165) is 11.1 Å². The molecule has 34 heavy (non-hydrogen) atoms. The first kappa shape index (κ1) is 23.8. The number of carbonyl (C=O) groups is 3. The van der Waals surface area contributed by atoms with Crippen LogP contribution in [0.15, 0.2) is 48.5 Å². The summed E-state index contributed by atoms with van der Waals surface area (Å²) in [6.07, 6.45) is 2.75. The molecule has 0 heterocycles. The molecule has 7 nitrogen and oxygen atoms in total. The highest BCUT2D eigenvalue weighted by Gasteiger charge is 2.31. The average Bonchev–Trinajstić information content (AvgIpc) is 3.43. The number of hydrogen-bond acceptors (Lipinski definition) is 4. The molecule has 3 atom stereocenters. The van der Waals surface area contributed by atoms with Crippen LogP contribution < -0.4 is 10.6 Å². The SMILES string of the molecule is CCC(CCC(=O)NC1CCC(C(=O)O)C1)NC(=O)OCC1c2ccccc2-c2ccccc21. The van der Waals surface area contributed by atoms with Gasteiger partial charge in [0.15, 0.2) is 0 Å². The molecule has 0 aliphatic heterocycles. The first-order chi connectivity index (χ1) is 16.5. The molecule has 3 unspecified atom stereocenters. The van der Waals surface area contributed by atoms with E-state index in [0.29, 0.717) is 32.1 Å². The zero-order chi connectivity index (χ0) is 24.1. The Hall–Kier alpha value is -3.35. The Labute approximate surface area is 199 Å². The lowest BCUT2D eigenvalue weighted by molar-refractivity contribution is -0.141. The summed E-state index contributed by atoms with van der Waals surface area (Å²) in [6.45, 7) is 2.21. The van der Waals surface area contributed by atoms with Gasteiger partial charge in [0.05, 0.1) is 5.92 Å². The van der Waals surface area contributed by atoms with E-state index in [1.54, 1.807) is 0 Å². The maximum atomic E-state index is 12.5. The van der Waals surface area contributed by atoms with Crippen molar-refractivity contribution in [3.63, 3.8) is 0 Å². The smallest absolute Gasteiger partial charge is 0.407 e. The molecule has 1 fully saturated rings. The monoisotopic (exact) mass is 464 g/mol. The molecule has 2 amide bonds. The molecule has 0 radical (unpaired) electrons. The van der Waals surface area contributed by atoms with Crippen molar-refractivity contribution in [1.29, 1.82) is 0 Å². The van der Waals surface area contributed by atoms with Crippen LogP contribution in [-0.2, 0) is 14.3 Å². The van der Waals surface area contributed by atoms with Gasteiger partial charge in [0.25, 0.3) is 0 Å². The lowest BCUT2D eigenvalue weighted by Crippen LogP contribution is -2.38. The van der Waals surface area contributed by atoms with Crippen molar-refractivity contribution in [2.75, 3.05) is 6.61 Å². The van der Waals surface area contributed by atoms with Crippen LogP contribution in [0.25, 0.3) is 11.1 Å². The Morgan fingerprint density at radius 1 is 1.03 bits per heavy atom. The number of carboxylic acid groups (broad SMARTS) is 1. The first-order valence-electron chi connectivity index (χ1n) is 12.1. The molecule has 7 heteroatoms. The molecular weight excluding hydrogens is 432 g/mol. The summed E-state index contributed by atoms with van der Waals surface area (Å²) in [6, 6.07) is 16.2. The molecule has 0 spiro atoms. The molecular formula is C27H32N2O5. The Morgan fingerprint density at radius 2 is 1.68 bits per heavy atom. The summed E-state index contributed by atoms with van der Waals surface area (Å²) < 4.78 is 5.61. The van der Waals surface area contributed by atoms with Crippen LogP contribution in [0.5, 0.6) is 0 Å². The molecule has 1 saturated carbocycles. The molecule has 2 aliphatic rings. The van der Waals surface area contributed by atoms with Crippen molar-refractivity contribution >= 4 is 18.0 Å². The molecule has 3 N–H and O–H groups in total. The second-order valence-corrected chi connectivity index (χ2v) is 9.23. The minimum atomic E-state index is -0.796. The molecule has 0 aromatic heterocycles. The van der Waals surface area contributed by atoms with E-state index in [9.17, 15) is 14.4 Å². The third-order valence-electron chi connectivity index (χ3n) is 7.03. The number of hydrogen-bond donors (Lipinski definition) is 3. The number of carbonyl (C=O) groups excluding carboxylic acids is 2. The van der Waals surface area contributed by atoms with Crippen molar-refractivity contribution in [1.82, 2.24) is 10.6 Å². The predicted molar refractivity (Wildman–Crippen MR) is 128 cm³/mol. The molecule has 180 valence electrons. The summed E-state index contributed by atoms with van der Waals surface area (Å²) in [5.41, 5.74) is 4.69. The number of amides is 2. The summed E-state index contributed by atoms with van der Waals surface area (Å²) >= 11 is 0. The summed E-state index contributed by atoms with van der Waals surface area (Å²) in [7, 11) is 0. The van der Waals surface area contributed by atoms with Gasteiger partial charge >= 0.3 is 12.1 Å². The van der Waals surface area contributed by atoms with E-state index >= 15 is 0 Å². The van der Waals surface area contributed by atoms with Gasteiger partial charge in [-0.3, -0.25) is 9.59 Å². The quantitative estimate of drug-likeness (QED) is 0.508. The predicted octanol–water partition coefficient (Wildman–Crippen LogP) is 4.45. The number of ether oxygens (including phenoxy) is 1. The van der Waals surface area contributed by atoms with Gasteiger partial charge in [0.2, 0.25) is 5.91 Å². The normalized spacial score (nSPS) is 19.7. The van der Waals surface area contributed by atoms with Crippen molar-refractivity contribution in [2.24, 2.45) is 5.92 Å². The van der Waals surface area contributed by atoms with Crippen LogP contribution in [-0.4, -0.2) is 41.8 Å². The van der Waals surface area contributed by atoms with Gasteiger partial charge in [-0.15, -0.1) is 0 Å². The molecule has 2 aliphatic carbocycles. The van der Waals surface area contributed by atoms with Gasteiger partial charge in [-0.1, -0.05) is 55.5 Å². The molecule has 0 bridgehead atoms. The van der Waals surface area contributed by atoms with E-state index in [2.05, 4.69) is 34.9 Å². The van der Waals surface area contributed by atoms with Crippen LogP contribution in [0.4, 0.5) is 4.79 Å². The fourth-order valence-corrected chi connectivity index (χ4v) is 5.13. The number of fused-ring (bicyclic) bond motifs is 3. The van der Waals surface area contributed by atoms with E-state index in [4.69, 9.17) is 9.84 Å². The second kappa shape index (κ2) is 10.7. The fraction of sp³-hybridized carbons (Fsp3) is 0.444. The molecule has 2 aromatic rings. The topological polar surface area (TPSA) is 105 Å². The highest BCUT2D eigenvalue weighted by molar-refractivity contribution is 5.79. The zero-order valence-electron chi connectivity index (χ0n) is 19.5. The van der Waals surface area contributed by atoms with Gasteiger partial charge in [0, 0.05) is 24.4 Å². The Morgan fingerprint density at radius 3 is 2.26 bits per heavy atom. The van der Waals surface area contributed by atoms with Crippen LogP contribution in [0.3, 0.4) is 0 Å². The van der Waals surface area contributed by atoms with Gasteiger partial charge in [-0.05, 0) is 54.4 Å². The molecule has 4 rings (SSSR count).